The van der Waals surface area contributed by atoms with Crippen molar-refractivity contribution in [2.75, 3.05) is 54.9 Å². The van der Waals surface area contributed by atoms with Gasteiger partial charge < -0.3 is 35.0 Å². The number of carboxylic acids is 1. The van der Waals surface area contributed by atoms with Crippen LogP contribution in [0, 0.1) is 5.92 Å². The molecule has 13 nitrogen and oxygen atoms in total. The maximum absolute atomic E-state index is 13.1. The zero-order chi connectivity index (χ0) is 36.5. The fourth-order valence-electron chi connectivity index (χ4n) is 5.27. The predicted octanol–water partition coefficient (Wildman–Crippen LogP) is 5.57. The molecule has 0 spiro atoms. The van der Waals surface area contributed by atoms with E-state index in [1.807, 2.05) is 51.1 Å². The topological polar surface area (TPSA) is 155 Å². The molecule has 0 unspecified atom stereocenters. The van der Waals surface area contributed by atoms with Crippen LogP contribution in [-0.2, 0) is 19.1 Å². The van der Waals surface area contributed by atoms with Crippen LogP contribution in [0.15, 0.2) is 60.8 Å². The van der Waals surface area contributed by atoms with Gasteiger partial charge in [0, 0.05) is 55.6 Å². The van der Waals surface area contributed by atoms with Gasteiger partial charge in [0.2, 0.25) is 5.91 Å². The van der Waals surface area contributed by atoms with Gasteiger partial charge in [0.25, 0.3) is 5.91 Å². The number of carbonyl (C=O) groups is 4. The van der Waals surface area contributed by atoms with Crippen molar-refractivity contribution in [2.24, 2.45) is 5.92 Å². The quantitative estimate of drug-likeness (QED) is 0.287. The smallest absolute Gasteiger partial charge is 0.475 e. The summed E-state index contributed by atoms with van der Waals surface area (Å²) in [6.07, 6.45) is -1.97. The molecule has 3 N–H and O–H groups in total. The van der Waals surface area contributed by atoms with Crippen LogP contribution in [0.25, 0.3) is 5.69 Å². The van der Waals surface area contributed by atoms with Gasteiger partial charge in [-0.3, -0.25) is 9.59 Å². The molecule has 0 bridgehead atoms. The lowest BCUT2D eigenvalue weighted by molar-refractivity contribution is -0.192. The maximum atomic E-state index is 13.1. The van der Waals surface area contributed by atoms with E-state index >= 15 is 0 Å². The largest absolute Gasteiger partial charge is 0.490 e. The van der Waals surface area contributed by atoms with Crippen LogP contribution in [0.3, 0.4) is 0 Å². The molecule has 2 saturated heterocycles. The fraction of sp³-hybridized carbons (Fsp3) is 0.441. The first-order valence-electron chi connectivity index (χ1n) is 16.1. The van der Waals surface area contributed by atoms with E-state index in [9.17, 15) is 27.6 Å². The van der Waals surface area contributed by atoms with E-state index in [1.54, 1.807) is 40.0 Å². The van der Waals surface area contributed by atoms with Crippen molar-refractivity contribution in [3.05, 3.63) is 66.4 Å². The van der Waals surface area contributed by atoms with Crippen LogP contribution in [0.4, 0.5) is 35.2 Å². The van der Waals surface area contributed by atoms with Gasteiger partial charge in [0.15, 0.2) is 0 Å². The van der Waals surface area contributed by atoms with Crippen molar-refractivity contribution in [1.29, 1.82) is 0 Å². The van der Waals surface area contributed by atoms with Gasteiger partial charge in [-0.1, -0.05) is 6.07 Å². The Morgan fingerprint density at radius 1 is 0.920 bits per heavy atom. The molecule has 3 amide bonds. The van der Waals surface area contributed by atoms with Crippen molar-refractivity contribution in [3.63, 3.8) is 0 Å². The molecule has 2 aromatic carbocycles. The highest BCUT2D eigenvalue weighted by Gasteiger charge is 2.38. The number of aromatic nitrogens is 2. The van der Waals surface area contributed by atoms with Gasteiger partial charge >= 0.3 is 18.2 Å². The zero-order valence-electron chi connectivity index (χ0n) is 28.0. The van der Waals surface area contributed by atoms with Crippen LogP contribution < -0.4 is 15.5 Å². The van der Waals surface area contributed by atoms with Crippen LogP contribution in [-0.4, -0.2) is 94.8 Å². The Morgan fingerprint density at radius 2 is 1.56 bits per heavy atom. The van der Waals surface area contributed by atoms with E-state index < -0.39 is 17.7 Å². The molecule has 0 radical (unpaired) electrons. The number of amides is 3. The van der Waals surface area contributed by atoms with Crippen LogP contribution in [0.2, 0.25) is 0 Å². The average Bonchev–Trinajstić information content (AvgIpc) is 3.53. The minimum absolute atomic E-state index is 0.119. The van der Waals surface area contributed by atoms with E-state index in [2.05, 4.69) is 20.6 Å². The Balaban J connectivity index is 0.000000727. The number of aliphatic carboxylic acids is 1. The van der Waals surface area contributed by atoms with E-state index in [-0.39, 0.29) is 23.8 Å². The van der Waals surface area contributed by atoms with Gasteiger partial charge in [0.1, 0.15) is 11.4 Å². The molecule has 3 aromatic rings. The summed E-state index contributed by atoms with van der Waals surface area (Å²) in [5.74, 6) is -2.42. The lowest BCUT2D eigenvalue weighted by atomic mass is 9.93. The Morgan fingerprint density at radius 3 is 2.16 bits per heavy atom. The lowest BCUT2D eigenvalue weighted by Gasteiger charge is -2.33. The third kappa shape index (κ3) is 11.2. The van der Waals surface area contributed by atoms with Gasteiger partial charge in [-0.2, -0.15) is 18.3 Å². The molecule has 16 heteroatoms. The van der Waals surface area contributed by atoms with Crippen molar-refractivity contribution >= 4 is 41.1 Å². The fourth-order valence-corrected chi connectivity index (χ4v) is 5.27. The molecule has 0 saturated carbocycles. The standard InChI is InChI=1S/C32H40N6O5.C2HF3O2/c1-32(2,3)43-31(41)37-15-12-23(13-16-37)21-29(39)35-28-11-14-33-38(28)27-6-4-5-24(22-27)30(40)34-25-7-9-26(10-8-25)36-17-19-42-20-18-36;3-2(4,5)1(6)7/h4-11,14,22-23H,12-13,15-21H2,1-3H3,(H,34,40)(H,35,39);(H,6,7). The summed E-state index contributed by atoms with van der Waals surface area (Å²) in [6.45, 7) is 9.82. The SMILES string of the molecule is CC(C)(C)OC(=O)N1CCC(CC(=O)Nc2ccnn2-c2cccc(C(=O)Nc3ccc(N4CCOCC4)cc3)c2)CC1.O=C(O)C(F)(F)F. The third-order valence-electron chi connectivity index (χ3n) is 7.75. The highest BCUT2D eigenvalue weighted by molar-refractivity contribution is 6.04. The number of carboxylic acid groups (broad SMARTS) is 1. The molecule has 2 fully saturated rings. The molecule has 270 valence electrons. The highest BCUT2D eigenvalue weighted by Crippen LogP contribution is 2.24. The van der Waals surface area contributed by atoms with Crippen LogP contribution in [0.1, 0.15) is 50.4 Å². The number of rotatable bonds is 7. The molecular weight excluding hydrogens is 661 g/mol. The Hall–Kier alpha value is -5.12. The van der Waals surface area contributed by atoms with Gasteiger partial charge in [0.05, 0.1) is 25.1 Å². The molecule has 50 heavy (non-hydrogen) atoms. The summed E-state index contributed by atoms with van der Waals surface area (Å²) >= 11 is 0. The first-order chi connectivity index (χ1) is 23.6. The summed E-state index contributed by atoms with van der Waals surface area (Å²) in [4.78, 5) is 51.2. The highest BCUT2D eigenvalue weighted by atomic mass is 19.4. The molecule has 0 atom stereocenters. The number of benzene rings is 2. The Kier molecular flexibility index (Phi) is 12.5. The number of carbonyl (C=O) groups excluding carboxylic acids is 3. The molecule has 0 aliphatic carbocycles. The number of nitrogens with one attached hydrogen (secondary N) is 2. The minimum Gasteiger partial charge on any atom is -0.475 e. The number of morpholine rings is 1. The third-order valence-corrected chi connectivity index (χ3v) is 7.75. The second kappa shape index (κ2) is 16.5. The predicted molar refractivity (Wildman–Crippen MR) is 178 cm³/mol. The molecule has 2 aliphatic heterocycles. The number of likely N-dealkylation sites (tertiary alicyclic amines) is 1. The van der Waals surface area contributed by atoms with E-state index in [4.69, 9.17) is 19.4 Å². The number of nitrogens with zero attached hydrogens (tertiary/aromatic N) is 4. The Bertz CT molecular complexity index is 1620. The summed E-state index contributed by atoms with van der Waals surface area (Å²) in [7, 11) is 0. The number of piperidine rings is 1. The first-order valence-corrected chi connectivity index (χ1v) is 16.1. The number of ether oxygens (including phenoxy) is 2. The second-order valence-corrected chi connectivity index (χ2v) is 12.7. The van der Waals surface area contributed by atoms with Crippen molar-refractivity contribution in [2.45, 2.75) is 51.8 Å². The summed E-state index contributed by atoms with van der Waals surface area (Å²) in [6, 6.07) is 16.6. The van der Waals surface area contributed by atoms with Crippen molar-refractivity contribution < 1.29 is 46.9 Å². The van der Waals surface area contributed by atoms with Gasteiger partial charge in [-0.15, -0.1) is 0 Å². The average molecular weight is 703 g/mol. The minimum atomic E-state index is -5.08. The second-order valence-electron chi connectivity index (χ2n) is 12.7. The number of alkyl halides is 3. The maximum Gasteiger partial charge on any atom is 0.490 e. The van der Waals surface area contributed by atoms with Gasteiger partial charge in [-0.25, -0.2) is 14.3 Å². The van der Waals surface area contributed by atoms with E-state index in [1.165, 1.54) is 0 Å². The zero-order valence-corrected chi connectivity index (χ0v) is 28.0. The first kappa shape index (κ1) is 37.7. The number of hydrogen-bond acceptors (Lipinski definition) is 8. The monoisotopic (exact) mass is 702 g/mol. The Labute approximate surface area is 287 Å². The van der Waals surface area contributed by atoms with Crippen molar-refractivity contribution in [1.82, 2.24) is 14.7 Å². The molecule has 3 heterocycles. The lowest BCUT2D eigenvalue weighted by Crippen LogP contribution is -2.42. The van der Waals surface area contributed by atoms with Crippen LogP contribution in [0.5, 0.6) is 0 Å². The number of hydrogen-bond donors (Lipinski definition) is 3. The van der Waals surface area contributed by atoms with E-state index in [0.717, 1.165) is 31.6 Å². The van der Waals surface area contributed by atoms with Gasteiger partial charge in [-0.05, 0) is 82.0 Å². The number of halogens is 3. The van der Waals surface area contributed by atoms with E-state index in [0.29, 0.717) is 55.5 Å². The normalized spacial score (nSPS) is 15.4. The molecule has 1 aromatic heterocycles. The summed E-state index contributed by atoms with van der Waals surface area (Å²) < 4.78 is 44.2. The summed E-state index contributed by atoms with van der Waals surface area (Å²) in [5.41, 5.74) is 2.40. The molecule has 5 rings (SSSR count). The molecular formula is C34H41F3N6O7. The van der Waals surface area contributed by atoms with Crippen molar-refractivity contribution in [3.8, 4) is 5.69 Å². The van der Waals surface area contributed by atoms with Crippen LogP contribution >= 0.6 is 0 Å². The number of anilines is 3. The molecule has 2 aliphatic rings. The summed E-state index contributed by atoms with van der Waals surface area (Å²) in [5, 5.41) is 17.4.